The number of nitrogens with zero attached hydrogens (tertiary/aromatic N) is 2. The predicted octanol–water partition coefficient (Wildman–Crippen LogP) is 2.38. The first-order valence-corrected chi connectivity index (χ1v) is 6.32. The highest BCUT2D eigenvalue weighted by molar-refractivity contribution is 7.16. The number of aliphatic hydroxyl groups is 1. The van der Waals surface area contributed by atoms with Crippen molar-refractivity contribution < 1.29 is 5.11 Å². The smallest absolute Gasteiger partial charge is 0.187 e. The third kappa shape index (κ3) is 2.12. The van der Waals surface area contributed by atoms with Crippen LogP contribution in [0.3, 0.4) is 0 Å². The van der Waals surface area contributed by atoms with Gasteiger partial charge in [0.15, 0.2) is 5.13 Å². The molecule has 1 aromatic heterocycles. The molecule has 0 spiro atoms. The number of halogens is 1. The SMILES string of the molecule is CC1CN(c2nc(Cl)c(CO)s2)CC1C. The van der Waals surface area contributed by atoms with Crippen molar-refractivity contribution in [2.75, 3.05) is 18.0 Å². The molecular formula is C10H15ClN2OS. The van der Waals surface area contributed by atoms with Crippen LogP contribution in [0.4, 0.5) is 5.13 Å². The second-order valence-electron chi connectivity index (χ2n) is 4.23. The lowest BCUT2D eigenvalue weighted by molar-refractivity contribution is 0.285. The van der Waals surface area contributed by atoms with E-state index in [1.807, 2.05) is 0 Å². The van der Waals surface area contributed by atoms with E-state index in [1.165, 1.54) is 11.3 Å². The summed E-state index contributed by atoms with van der Waals surface area (Å²) in [5, 5.41) is 10.4. The monoisotopic (exact) mass is 246 g/mol. The van der Waals surface area contributed by atoms with Gasteiger partial charge in [-0.15, -0.1) is 0 Å². The van der Waals surface area contributed by atoms with Gasteiger partial charge < -0.3 is 10.0 Å². The van der Waals surface area contributed by atoms with Crippen molar-refractivity contribution in [1.29, 1.82) is 0 Å². The Bertz CT molecular complexity index is 345. The normalized spacial score (nSPS) is 26.3. The Balaban J connectivity index is 2.17. The van der Waals surface area contributed by atoms with Gasteiger partial charge in [0.25, 0.3) is 0 Å². The van der Waals surface area contributed by atoms with Gasteiger partial charge in [-0.1, -0.05) is 36.8 Å². The summed E-state index contributed by atoms with van der Waals surface area (Å²) in [5.41, 5.74) is 0. The van der Waals surface area contributed by atoms with E-state index in [0.717, 1.165) is 23.1 Å². The highest BCUT2D eigenvalue weighted by Gasteiger charge is 2.28. The molecule has 0 amide bonds. The number of thiazole rings is 1. The van der Waals surface area contributed by atoms with Gasteiger partial charge in [0.2, 0.25) is 0 Å². The van der Waals surface area contributed by atoms with Crippen molar-refractivity contribution in [3.05, 3.63) is 10.0 Å². The third-order valence-corrected chi connectivity index (χ3v) is 4.57. The maximum Gasteiger partial charge on any atom is 0.187 e. The minimum absolute atomic E-state index is 0.0184. The van der Waals surface area contributed by atoms with E-state index in [4.69, 9.17) is 16.7 Å². The Morgan fingerprint density at radius 1 is 1.47 bits per heavy atom. The van der Waals surface area contributed by atoms with Gasteiger partial charge in [0, 0.05) is 13.1 Å². The Morgan fingerprint density at radius 2 is 2.07 bits per heavy atom. The van der Waals surface area contributed by atoms with Gasteiger partial charge in [0.1, 0.15) is 5.15 Å². The number of rotatable bonds is 2. The molecule has 1 saturated heterocycles. The summed E-state index contributed by atoms with van der Waals surface area (Å²) >= 11 is 7.40. The molecule has 1 N–H and O–H groups in total. The van der Waals surface area contributed by atoms with Crippen molar-refractivity contribution >= 4 is 28.1 Å². The van der Waals surface area contributed by atoms with E-state index in [1.54, 1.807) is 0 Å². The van der Waals surface area contributed by atoms with Crippen LogP contribution in [0.15, 0.2) is 0 Å². The van der Waals surface area contributed by atoms with Crippen molar-refractivity contribution in [3.63, 3.8) is 0 Å². The minimum atomic E-state index is -0.0184. The summed E-state index contributed by atoms with van der Waals surface area (Å²) in [4.78, 5) is 7.30. The maximum atomic E-state index is 9.05. The Labute approximate surface area is 98.7 Å². The summed E-state index contributed by atoms with van der Waals surface area (Å²) < 4.78 is 0. The molecule has 0 aromatic carbocycles. The molecule has 2 rings (SSSR count). The Morgan fingerprint density at radius 3 is 2.53 bits per heavy atom. The molecule has 2 atom stereocenters. The zero-order chi connectivity index (χ0) is 11.0. The Kier molecular flexibility index (Phi) is 3.19. The van der Waals surface area contributed by atoms with E-state index >= 15 is 0 Å². The van der Waals surface area contributed by atoms with Crippen molar-refractivity contribution in [3.8, 4) is 0 Å². The van der Waals surface area contributed by atoms with Crippen LogP contribution < -0.4 is 4.90 Å². The molecule has 15 heavy (non-hydrogen) atoms. The molecule has 3 nitrogen and oxygen atoms in total. The second-order valence-corrected chi connectivity index (χ2v) is 5.65. The molecule has 2 heterocycles. The van der Waals surface area contributed by atoms with Gasteiger partial charge in [-0.25, -0.2) is 4.98 Å². The van der Waals surface area contributed by atoms with E-state index in [2.05, 4.69) is 23.7 Å². The van der Waals surface area contributed by atoms with Crippen LogP contribution >= 0.6 is 22.9 Å². The molecule has 0 saturated carbocycles. The molecule has 84 valence electrons. The van der Waals surface area contributed by atoms with Gasteiger partial charge in [-0.3, -0.25) is 0 Å². The van der Waals surface area contributed by atoms with Gasteiger partial charge >= 0.3 is 0 Å². The van der Waals surface area contributed by atoms with Crippen molar-refractivity contribution in [2.24, 2.45) is 11.8 Å². The summed E-state index contributed by atoms with van der Waals surface area (Å²) in [7, 11) is 0. The maximum absolute atomic E-state index is 9.05. The molecule has 5 heteroatoms. The minimum Gasteiger partial charge on any atom is -0.391 e. The fraction of sp³-hybridized carbons (Fsp3) is 0.700. The lowest BCUT2D eigenvalue weighted by Gasteiger charge is -2.13. The molecular weight excluding hydrogens is 232 g/mol. The zero-order valence-electron chi connectivity index (χ0n) is 8.90. The lowest BCUT2D eigenvalue weighted by atomic mass is 10.0. The van der Waals surface area contributed by atoms with E-state index in [-0.39, 0.29) is 6.61 Å². The highest BCUT2D eigenvalue weighted by atomic mass is 35.5. The zero-order valence-corrected chi connectivity index (χ0v) is 10.5. The molecule has 0 radical (unpaired) electrons. The molecule has 2 unspecified atom stereocenters. The van der Waals surface area contributed by atoms with Crippen LogP contribution in [0, 0.1) is 11.8 Å². The lowest BCUT2D eigenvalue weighted by Crippen LogP contribution is -2.19. The first-order valence-electron chi connectivity index (χ1n) is 5.12. The number of anilines is 1. The van der Waals surface area contributed by atoms with Crippen molar-refractivity contribution in [2.45, 2.75) is 20.5 Å². The average molecular weight is 247 g/mol. The van der Waals surface area contributed by atoms with E-state index in [9.17, 15) is 0 Å². The largest absolute Gasteiger partial charge is 0.391 e. The molecule has 0 bridgehead atoms. The summed E-state index contributed by atoms with van der Waals surface area (Å²) in [5.74, 6) is 1.40. The summed E-state index contributed by atoms with van der Waals surface area (Å²) in [6.45, 7) is 6.57. The van der Waals surface area contributed by atoms with Crippen LogP contribution in [0.5, 0.6) is 0 Å². The van der Waals surface area contributed by atoms with Crippen LogP contribution in [0.25, 0.3) is 0 Å². The molecule has 0 aliphatic carbocycles. The number of hydrogen-bond acceptors (Lipinski definition) is 4. The first-order chi connectivity index (χ1) is 7.11. The number of aliphatic hydroxyl groups excluding tert-OH is 1. The van der Waals surface area contributed by atoms with Gasteiger partial charge in [0.05, 0.1) is 11.5 Å². The third-order valence-electron chi connectivity index (χ3n) is 3.04. The highest BCUT2D eigenvalue weighted by Crippen LogP contribution is 2.34. The fourth-order valence-electron chi connectivity index (χ4n) is 1.84. The Hall–Kier alpha value is -0.320. The summed E-state index contributed by atoms with van der Waals surface area (Å²) in [6.07, 6.45) is 0. The van der Waals surface area contributed by atoms with Crippen LogP contribution in [-0.4, -0.2) is 23.2 Å². The number of hydrogen-bond donors (Lipinski definition) is 1. The molecule has 1 aromatic rings. The standard InChI is InChI=1S/C10H15ClN2OS/c1-6-3-13(4-7(6)2)10-12-9(11)8(5-14)15-10/h6-7,14H,3-5H2,1-2H3. The summed E-state index contributed by atoms with van der Waals surface area (Å²) in [6, 6.07) is 0. The van der Waals surface area contributed by atoms with E-state index in [0.29, 0.717) is 17.0 Å². The van der Waals surface area contributed by atoms with E-state index < -0.39 is 0 Å². The quantitative estimate of drug-likeness (QED) is 0.871. The second kappa shape index (κ2) is 4.28. The van der Waals surface area contributed by atoms with Gasteiger partial charge in [-0.05, 0) is 11.8 Å². The van der Waals surface area contributed by atoms with Crippen molar-refractivity contribution in [1.82, 2.24) is 4.98 Å². The molecule has 1 aliphatic rings. The molecule has 1 aliphatic heterocycles. The average Bonchev–Trinajstić information content (AvgIpc) is 2.71. The van der Waals surface area contributed by atoms with Crippen LogP contribution in [-0.2, 0) is 6.61 Å². The predicted molar refractivity (Wildman–Crippen MR) is 63.6 cm³/mol. The topological polar surface area (TPSA) is 36.4 Å². The molecule has 1 fully saturated rings. The fourth-order valence-corrected chi connectivity index (χ4v) is 2.98. The van der Waals surface area contributed by atoms with Gasteiger partial charge in [-0.2, -0.15) is 0 Å². The number of aromatic nitrogens is 1. The first kappa shape index (κ1) is 11.2. The van der Waals surface area contributed by atoms with Crippen LogP contribution in [0.1, 0.15) is 18.7 Å². The van der Waals surface area contributed by atoms with Crippen LogP contribution in [0.2, 0.25) is 5.15 Å².